The molecule has 0 aromatic rings. The molecule has 0 atom stereocenters. The molecule has 0 amide bonds. The summed E-state index contributed by atoms with van der Waals surface area (Å²) in [4.78, 5) is 10.5. The van der Waals surface area contributed by atoms with Crippen molar-refractivity contribution in [1.82, 2.24) is 4.31 Å². The number of nitrogens with zero attached hydrogens (tertiary/aromatic N) is 1. The molecule has 7 heteroatoms. The van der Waals surface area contributed by atoms with Gasteiger partial charge in [-0.25, -0.2) is 8.42 Å². The van der Waals surface area contributed by atoms with Gasteiger partial charge in [0.1, 0.15) is 6.54 Å². The van der Waals surface area contributed by atoms with E-state index in [1.165, 1.54) is 6.08 Å². The van der Waals surface area contributed by atoms with Gasteiger partial charge in [-0.2, -0.15) is 4.31 Å². The van der Waals surface area contributed by atoms with Crippen LogP contribution in [-0.4, -0.2) is 55.4 Å². The lowest BCUT2D eigenvalue weighted by Crippen LogP contribution is -2.38. The number of rotatable bonds is 9. The van der Waals surface area contributed by atoms with Crippen LogP contribution in [0.15, 0.2) is 12.7 Å². The summed E-state index contributed by atoms with van der Waals surface area (Å²) in [5.41, 5.74) is 0. The number of carbonyl (C=O) groups is 1. The zero-order valence-corrected chi connectivity index (χ0v) is 10.9. The Balaban J connectivity index is 4.49. The summed E-state index contributed by atoms with van der Waals surface area (Å²) in [5.74, 6) is -1.42. The summed E-state index contributed by atoms with van der Waals surface area (Å²) in [6.07, 6.45) is 1.29. The highest BCUT2D eigenvalue weighted by molar-refractivity contribution is 7.89. The predicted molar refractivity (Wildman–Crippen MR) is 64.3 cm³/mol. The average Bonchev–Trinajstić information content (AvgIpc) is 2.15. The van der Waals surface area contributed by atoms with Gasteiger partial charge >= 0.3 is 5.97 Å². The first-order chi connectivity index (χ1) is 7.79. The average molecular weight is 265 g/mol. The number of carboxylic acids is 1. The van der Waals surface area contributed by atoms with E-state index in [1.54, 1.807) is 13.8 Å². The van der Waals surface area contributed by atoms with Crippen LogP contribution < -0.4 is 0 Å². The maximum Gasteiger partial charge on any atom is 0.318 e. The molecule has 0 bridgehead atoms. The second-order valence-electron chi connectivity index (χ2n) is 3.71. The fourth-order valence-corrected chi connectivity index (χ4v) is 2.29. The first-order valence-corrected chi connectivity index (χ1v) is 6.82. The molecule has 6 nitrogen and oxygen atoms in total. The molecule has 0 aromatic heterocycles. The van der Waals surface area contributed by atoms with Gasteiger partial charge in [0.25, 0.3) is 0 Å². The van der Waals surface area contributed by atoms with E-state index >= 15 is 0 Å². The van der Waals surface area contributed by atoms with Gasteiger partial charge in [0.2, 0.25) is 10.0 Å². The standard InChI is InChI=1S/C10H19NO5S/c1-4-5-11(8-10(12)13)17(14,15)7-6-16-9(2)3/h4,9H,1,5-8H2,2-3H3,(H,12,13). The molecule has 0 saturated carbocycles. The number of hydrogen-bond acceptors (Lipinski definition) is 4. The number of aliphatic carboxylic acids is 1. The number of sulfonamides is 1. The van der Waals surface area contributed by atoms with Crippen molar-refractivity contribution in [3.63, 3.8) is 0 Å². The van der Waals surface area contributed by atoms with Gasteiger partial charge in [-0.3, -0.25) is 4.79 Å². The quantitative estimate of drug-likeness (QED) is 0.607. The minimum atomic E-state index is -3.62. The zero-order valence-electron chi connectivity index (χ0n) is 10.1. The van der Waals surface area contributed by atoms with E-state index in [0.717, 1.165) is 4.31 Å². The molecule has 0 heterocycles. The second-order valence-corrected chi connectivity index (χ2v) is 5.80. The van der Waals surface area contributed by atoms with Gasteiger partial charge in [0.15, 0.2) is 0 Å². The Hall–Kier alpha value is -0.920. The molecule has 0 spiro atoms. The van der Waals surface area contributed by atoms with E-state index in [1.807, 2.05) is 0 Å². The Kier molecular flexibility index (Phi) is 7.01. The van der Waals surface area contributed by atoms with E-state index in [0.29, 0.717) is 0 Å². The van der Waals surface area contributed by atoms with Crippen LogP contribution in [0.1, 0.15) is 13.8 Å². The summed E-state index contributed by atoms with van der Waals surface area (Å²) >= 11 is 0. The third-order valence-electron chi connectivity index (χ3n) is 1.83. The number of hydrogen-bond donors (Lipinski definition) is 1. The first-order valence-electron chi connectivity index (χ1n) is 5.21. The molecule has 0 radical (unpaired) electrons. The van der Waals surface area contributed by atoms with Crippen LogP contribution in [0.3, 0.4) is 0 Å². The molecule has 0 unspecified atom stereocenters. The highest BCUT2D eigenvalue weighted by Gasteiger charge is 2.23. The van der Waals surface area contributed by atoms with E-state index in [-0.39, 0.29) is 25.0 Å². The van der Waals surface area contributed by atoms with E-state index in [9.17, 15) is 13.2 Å². The number of carboxylic acid groups (broad SMARTS) is 1. The van der Waals surface area contributed by atoms with Gasteiger partial charge < -0.3 is 9.84 Å². The molecule has 0 rings (SSSR count). The molecule has 1 N–H and O–H groups in total. The molecular formula is C10H19NO5S. The van der Waals surface area contributed by atoms with E-state index in [4.69, 9.17) is 9.84 Å². The minimum absolute atomic E-state index is 0.0175. The van der Waals surface area contributed by atoms with Gasteiger partial charge in [-0.1, -0.05) is 6.08 Å². The van der Waals surface area contributed by atoms with E-state index < -0.39 is 22.5 Å². The lowest BCUT2D eigenvalue weighted by Gasteiger charge is -2.18. The molecule has 100 valence electrons. The van der Waals surface area contributed by atoms with Crippen LogP contribution >= 0.6 is 0 Å². The molecule has 0 aliphatic carbocycles. The fourth-order valence-electron chi connectivity index (χ4n) is 1.09. The largest absolute Gasteiger partial charge is 0.480 e. The minimum Gasteiger partial charge on any atom is -0.480 e. The smallest absolute Gasteiger partial charge is 0.318 e. The van der Waals surface area contributed by atoms with Crippen molar-refractivity contribution in [2.45, 2.75) is 20.0 Å². The zero-order chi connectivity index (χ0) is 13.5. The molecular weight excluding hydrogens is 246 g/mol. The van der Waals surface area contributed by atoms with Crippen molar-refractivity contribution >= 4 is 16.0 Å². The molecule has 0 aromatic carbocycles. The fraction of sp³-hybridized carbons (Fsp3) is 0.700. The monoisotopic (exact) mass is 265 g/mol. The highest BCUT2D eigenvalue weighted by atomic mass is 32.2. The predicted octanol–water partition coefficient (Wildman–Crippen LogP) is 0.314. The van der Waals surface area contributed by atoms with Crippen molar-refractivity contribution in [3.05, 3.63) is 12.7 Å². The summed E-state index contributed by atoms with van der Waals surface area (Å²) in [6, 6.07) is 0. The molecule has 0 aliphatic rings. The van der Waals surface area contributed by atoms with Crippen LogP contribution in [0.5, 0.6) is 0 Å². The third kappa shape index (κ3) is 7.09. The molecule has 0 fully saturated rings. The SMILES string of the molecule is C=CCN(CC(=O)O)S(=O)(=O)CCOC(C)C. The van der Waals surface area contributed by atoms with Crippen molar-refractivity contribution in [2.24, 2.45) is 0 Å². The van der Waals surface area contributed by atoms with E-state index in [2.05, 4.69) is 6.58 Å². The van der Waals surface area contributed by atoms with Crippen LogP contribution in [0.2, 0.25) is 0 Å². The Bertz CT molecular complexity index is 350. The van der Waals surface area contributed by atoms with Gasteiger partial charge in [-0.15, -0.1) is 6.58 Å². The topological polar surface area (TPSA) is 83.9 Å². The maximum atomic E-state index is 11.8. The van der Waals surface area contributed by atoms with Crippen LogP contribution in [0.4, 0.5) is 0 Å². The van der Waals surface area contributed by atoms with Crippen LogP contribution in [0, 0.1) is 0 Å². The Morgan fingerprint density at radius 3 is 2.53 bits per heavy atom. The maximum absolute atomic E-state index is 11.8. The van der Waals surface area contributed by atoms with Crippen LogP contribution in [-0.2, 0) is 19.6 Å². The third-order valence-corrected chi connectivity index (χ3v) is 3.58. The summed E-state index contributed by atoms with van der Waals surface area (Å²) in [5, 5.41) is 8.62. The van der Waals surface area contributed by atoms with Gasteiger partial charge in [0.05, 0.1) is 18.5 Å². The van der Waals surface area contributed by atoms with Crippen molar-refractivity contribution in [1.29, 1.82) is 0 Å². The van der Waals surface area contributed by atoms with Crippen LogP contribution in [0.25, 0.3) is 0 Å². The molecule has 17 heavy (non-hydrogen) atoms. The van der Waals surface area contributed by atoms with Gasteiger partial charge in [-0.05, 0) is 13.8 Å². The van der Waals surface area contributed by atoms with Crippen molar-refractivity contribution < 1.29 is 23.1 Å². The molecule has 0 aliphatic heterocycles. The normalized spacial score (nSPS) is 12.0. The van der Waals surface area contributed by atoms with Crippen molar-refractivity contribution in [2.75, 3.05) is 25.4 Å². The number of ether oxygens (including phenoxy) is 1. The Morgan fingerprint density at radius 1 is 1.53 bits per heavy atom. The lowest BCUT2D eigenvalue weighted by atomic mass is 10.5. The Morgan fingerprint density at radius 2 is 2.12 bits per heavy atom. The van der Waals surface area contributed by atoms with Gasteiger partial charge in [0, 0.05) is 6.54 Å². The van der Waals surface area contributed by atoms with Crippen molar-refractivity contribution in [3.8, 4) is 0 Å². The summed E-state index contributed by atoms with van der Waals surface area (Å²) in [6.45, 7) is 6.47. The first kappa shape index (κ1) is 16.1. The lowest BCUT2D eigenvalue weighted by molar-refractivity contribution is -0.137. The Labute approximate surface area is 102 Å². The molecule has 0 saturated heterocycles. The highest BCUT2D eigenvalue weighted by Crippen LogP contribution is 2.02. The summed E-state index contributed by atoms with van der Waals surface area (Å²) in [7, 11) is -3.62. The second kappa shape index (κ2) is 7.41. The summed E-state index contributed by atoms with van der Waals surface area (Å²) < 4.78 is 29.5.